The molecule has 0 radical (unpaired) electrons. The van der Waals surface area contributed by atoms with E-state index in [1.807, 2.05) is 0 Å². The average Bonchev–Trinajstić information content (AvgIpc) is 2.94. The Kier molecular flexibility index (Phi) is 7.18. The van der Waals surface area contributed by atoms with Crippen LogP contribution in [0, 0.1) is 0 Å². The Morgan fingerprint density at radius 3 is 1.77 bits per heavy atom. The summed E-state index contributed by atoms with van der Waals surface area (Å²) in [6.07, 6.45) is 9.15. The smallest absolute Gasteiger partial charge is 0.00135 e. The van der Waals surface area contributed by atoms with Gasteiger partial charge in [-0.3, -0.25) is 0 Å². The van der Waals surface area contributed by atoms with Crippen LogP contribution in [0.5, 0.6) is 0 Å². The van der Waals surface area contributed by atoms with Crippen molar-refractivity contribution in [1.82, 2.24) is 0 Å². The molecule has 3 rings (SSSR count). The van der Waals surface area contributed by atoms with Gasteiger partial charge in [-0.05, 0) is 41.6 Å². The zero-order valence-corrected chi connectivity index (χ0v) is 13.9. The van der Waals surface area contributed by atoms with Crippen molar-refractivity contribution >= 4 is 0 Å². The molecule has 0 unspecified atom stereocenters. The molecule has 0 aliphatic heterocycles. The maximum absolute atomic E-state index is 5.34. The van der Waals surface area contributed by atoms with Crippen LogP contribution >= 0.6 is 0 Å². The zero-order valence-electron chi connectivity index (χ0n) is 13.9. The number of hydrogen-bond donors (Lipinski definition) is 1. The van der Waals surface area contributed by atoms with Gasteiger partial charge in [-0.2, -0.15) is 0 Å². The van der Waals surface area contributed by atoms with Gasteiger partial charge in [-0.15, -0.1) is 0 Å². The van der Waals surface area contributed by atoms with Crippen LogP contribution in [-0.2, 0) is 6.42 Å². The van der Waals surface area contributed by atoms with Gasteiger partial charge in [0.15, 0.2) is 0 Å². The molecule has 2 N–H and O–H groups in total. The molecule has 0 aromatic heterocycles. The lowest BCUT2D eigenvalue weighted by atomic mass is 10.1. The summed E-state index contributed by atoms with van der Waals surface area (Å²) >= 11 is 0. The van der Waals surface area contributed by atoms with Crippen LogP contribution in [0.15, 0.2) is 48.5 Å². The third-order valence-electron chi connectivity index (χ3n) is 4.26. The summed E-state index contributed by atoms with van der Waals surface area (Å²) in [5.41, 5.74) is 11.1. The minimum Gasteiger partial charge on any atom is -0.330 e. The van der Waals surface area contributed by atoms with E-state index in [4.69, 9.17) is 5.73 Å². The topological polar surface area (TPSA) is 26.0 Å². The molecular weight excluding hydrogens is 266 g/mol. The fraction of sp³-hybridized carbons (Fsp3) is 0.429. The van der Waals surface area contributed by atoms with Crippen molar-refractivity contribution in [2.45, 2.75) is 51.9 Å². The summed E-state index contributed by atoms with van der Waals surface area (Å²) in [4.78, 5) is 0. The molecular formula is C21H29N. The molecule has 0 bridgehead atoms. The average molecular weight is 295 g/mol. The molecule has 0 amide bonds. The number of rotatable bonds is 6. The normalized spacial score (nSPS) is 11.4. The summed E-state index contributed by atoms with van der Waals surface area (Å²) in [7, 11) is 0. The van der Waals surface area contributed by atoms with Gasteiger partial charge in [0.05, 0.1) is 0 Å². The van der Waals surface area contributed by atoms with E-state index in [9.17, 15) is 0 Å². The molecule has 0 saturated carbocycles. The highest BCUT2D eigenvalue weighted by molar-refractivity contribution is 5.76. The van der Waals surface area contributed by atoms with Gasteiger partial charge in [-0.25, -0.2) is 0 Å². The fourth-order valence-electron chi connectivity index (χ4n) is 3.00. The monoisotopic (exact) mass is 295 g/mol. The summed E-state index contributed by atoms with van der Waals surface area (Å²) in [5.74, 6) is 0. The van der Waals surface area contributed by atoms with E-state index in [0.717, 1.165) is 13.0 Å². The lowest BCUT2D eigenvalue weighted by Crippen LogP contribution is -1.97. The van der Waals surface area contributed by atoms with Gasteiger partial charge >= 0.3 is 0 Å². The highest BCUT2D eigenvalue weighted by Crippen LogP contribution is 2.35. The molecule has 1 heteroatoms. The van der Waals surface area contributed by atoms with Gasteiger partial charge in [0, 0.05) is 0 Å². The van der Waals surface area contributed by atoms with E-state index in [0.29, 0.717) is 0 Å². The molecule has 0 fully saturated rings. The van der Waals surface area contributed by atoms with Crippen LogP contribution in [-0.4, -0.2) is 6.54 Å². The first kappa shape index (κ1) is 16.8. The van der Waals surface area contributed by atoms with Crippen LogP contribution in [0.25, 0.3) is 11.1 Å². The highest BCUT2D eigenvalue weighted by atomic mass is 14.5. The van der Waals surface area contributed by atoms with Crippen molar-refractivity contribution in [3.8, 4) is 11.1 Å². The lowest BCUT2D eigenvalue weighted by molar-refractivity contribution is 0.612. The number of unbranched alkanes of at least 4 members (excludes halogenated alkanes) is 5. The number of hydrogen-bond acceptors (Lipinski definition) is 1. The molecule has 2 aromatic carbocycles. The third kappa shape index (κ3) is 4.71. The summed E-state index contributed by atoms with van der Waals surface area (Å²) in [5, 5.41) is 0. The summed E-state index contributed by atoms with van der Waals surface area (Å²) in [6, 6.07) is 17.3. The Morgan fingerprint density at radius 1 is 0.727 bits per heavy atom. The molecule has 0 spiro atoms. The van der Waals surface area contributed by atoms with E-state index < -0.39 is 0 Å². The first-order valence-electron chi connectivity index (χ1n) is 8.73. The van der Waals surface area contributed by atoms with Gasteiger partial charge < -0.3 is 5.73 Å². The third-order valence-corrected chi connectivity index (χ3v) is 4.26. The SMILES string of the molecule is CCCCCCCCN.c1ccc2c(c1)Cc1ccccc1-2. The van der Waals surface area contributed by atoms with Gasteiger partial charge in [-0.1, -0.05) is 87.6 Å². The second-order valence-electron chi connectivity index (χ2n) is 6.05. The first-order chi connectivity index (χ1) is 10.9. The molecule has 1 nitrogen and oxygen atoms in total. The standard InChI is InChI=1S/C13H10.C8H19N/c1-3-7-12-10(5-1)9-11-6-2-4-8-13(11)12;1-2-3-4-5-6-7-8-9/h1-8H,9H2;2-9H2,1H3. The first-order valence-corrected chi connectivity index (χ1v) is 8.73. The number of nitrogens with two attached hydrogens (primary N) is 1. The number of benzene rings is 2. The zero-order chi connectivity index (χ0) is 15.6. The molecule has 0 heterocycles. The Bertz CT molecular complexity index is 510. The van der Waals surface area contributed by atoms with Crippen LogP contribution in [0.2, 0.25) is 0 Å². The summed E-state index contributed by atoms with van der Waals surface area (Å²) < 4.78 is 0. The minimum atomic E-state index is 0.867. The van der Waals surface area contributed by atoms with Gasteiger partial charge in [0.2, 0.25) is 0 Å². The van der Waals surface area contributed by atoms with Gasteiger partial charge in [0.25, 0.3) is 0 Å². The minimum absolute atomic E-state index is 0.867. The van der Waals surface area contributed by atoms with Crippen LogP contribution < -0.4 is 5.73 Å². The van der Waals surface area contributed by atoms with Crippen molar-refractivity contribution < 1.29 is 0 Å². The van der Waals surface area contributed by atoms with E-state index in [1.54, 1.807) is 0 Å². The fourth-order valence-corrected chi connectivity index (χ4v) is 3.00. The Hall–Kier alpha value is -1.60. The quantitative estimate of drug-likeness (QED) is 0.592. The van der Waals surface area contributed by atoms with Crippen LogP contribution in [0.1, 0.15) is 56.6 Å². The Labute approximate surface area is 135 Å². The van der Waals surface area contributed by atoms with Crippen LogP contribution in [0.3, 0.4) is 0 Å². The van der Waals surface area contributed by atoms with Crippen LogP contribution in [0.4, 0.5) is 0 Å². The van der Waals surface area contributed by atoms with Crippen molar-refractivity contribution in [3.05, 3.63) is 59.7 Å². The van der Waals surface area contributed by atoms with E-state index in [-0.39, 0.29) is 0 Å². The van der Waals surface area contributed by atoms with E-state index in [2.05, 4.69) is 55.5 Å². The Balaban J connectivity index is 0.000000175. The molecule has 22 heavy (non-hydrogen) atoms. The number of fused-ring (bicyclic) bond motifs is 3. The van der Waals surface area contributed by atoms with Crippen molar-refractivity contribution in [2.24, 2.45) is 5.73 Å². The van der Waals surface area contributed by atoms with Crippen molar-refractivity contribution in [2.75, 3.05) is 6.54 Å². The second kappa shape index (κ2) is 9.42. The summed E-state index contributed by atoms with van der Waals surface area (Å²) in [6.45, 7) is 3.11. The molecule has 0 saturated heterocycles. The maximum atomic E-state index is 5.34. The van der Waals surface area contributed by atoms with E-state index in [1.165, 1.54) is 60.8 Å². The maximum Gasteiger partial charge on any atom is -0.00135 e. The molecule has 2 aromatic rings. The van der Waals surface area contributed by atoms with Crippen molar-refractivity contribution in [1.29, 1.82) is 0 Å². The lowest BCUT2D eigenvalue weighted by Gasteiger charge is -1.98. The highest BCUT2D eigenvalue weighted by Gasteiger charge is 2.15. The van der Waals surface area contributed by atoms with E-state index >= 15 is 0 Å². The largest absolute Gasteiger partial charge is 0.330 e. The Morgan fingerprint density at radius 2 is 1.23 bits per heavy atom. The van der Waals surface area contributed by atoms with Crippen molar-refractivity contribution in [3.63, 3.8) is 0 Å². The molecule has 0 atom stereocenters. The molecule has 118 valence electrons. The molecule has 1 aliphatic rings. The second-order valence-corrected chi connectivity index (χ2v) is 6.05. The predicted octanol–water partition coefficient (Wildman–Crippen LogP) is 5.56. The molecule has 1 aliphatic carbocycles. The van der Waals surface area contributed by atoms with Gasteiger partial charge in [0.1, 0.15) is 0 Å². The predicted molar refractivity (Wildman–Crippen MR) is 97.1 cm³/mol.